The van der Waals surface area contributed by atoms with Crippen molar-refractivity contribution in [3.05, 3.63) is 78.4 Å². The fraction of sp³-hybridized carbons (Fsp3) is 0.320. The van der Waals surface area contributed by atoms with E-state index in [0.717, 1.165) is 68.4 Å². The van der Waals surface area contributed by atoms with Gasteiger partial charge >= 0.3 is 0 Å². The topological polar surface area (TPSA) is 35.6 Å². The summed E-state index contributed by atoms with van der Waals surface area (Å²) in [6, 6.07) is 24.6. The Kier molecular flexibility index (Phi) is 6.42. The quantitative estimate of drug-likeness (QED) is 0.618. The maximum atomic E-state index is 12.6. The summed E-state index contributed by atoms with van der Waals surface area (Å²) in [6.07, 6.45) is 2.12. The van der Waals surface area contributed by atoms with Crippen molar-refractivity contribution in [1.82, 2.24) is 10.2 Å². The number of benzene rings is 3. The number of carbonyl (C=O) groups is 1. The normalized spacial score (nSPS) is 14.8. The Balaban J connectivity index is 1.17. The molecule has 0 saturated carbocycles. The molecule has 4 heteroatoms. The van der Waals surface area contributed by atoms with Crippen LogP contribution in [0.2, 0.25) is 0 Å². The summed E-state index contributed by atoms with van der Waals surface area (Å²) in [6.45, 7) is 6.22. The first-order chi connectivity index (χ1) is 14.3. The number of nitrogens with one attached hydrogen (secondary N) is 1. The van der Waals surface area contributed by atoms with Gasteiger partial charge in [0.15, 0.2) is 0 Å². The van der Waals surface area contributed by atoms with Crippen LogP contribution in [-0.4, -0.2) is 50.1 Å². The second-order valence-electron chi connectivity index (χ2n) is 7.65. The number of hydrogen-bond acceptors (Lipinski definition) is 3. The van der Waals surface area contributed by atoms with Crippen molar-refractivity contribution >= 4 is 22.4 Å². The number of anilines is 1. The van der Waals surface area contributed by atoms with Crippen molar-refractivity contribution in [3.8, 4) is 0 Å². The Bertz CT molecular complexity index is 928. The van der Waals surface area contributed by atoms with Gasteiger partial charge in [-0.2, -0.15) is 0 Å². The van der Waals surface area contributed by atoms with Crippen LogP contribution in [0.1, 0.15) is 23.2 Å². The number of hydrogen-bond donors (Lipinski definition) is 1. The zero-order valence-corrected chi connectivity index (χ0v) is 16.9. The van der Waals surface area contributed by atoms with Crippen LogP contribution in [0.4, 0.5) is 5.69 Å². The SMILES string of the molecule is O=C(NCCCCN1CCN(c2ccccc2)CC1)c1cccc2ccccc12. The molecule has 1 aliphatic heterocycles. The maximum Gasteiger partial charge on any atom is 0.251 e. The van der Waals surface area contributed by atoms with Gasteiger partial charge in [-0.3, -0.25) is 9.69 Å². The number of piperazine rings is 1. The number of unbranched alkanes of at least 4 members (excludes halogenated alkanes) is 1. The molecule has 1 fully saturated rings. The molecular weight excluding hydrogens is 358 g/mol. The first-order valence-corrected chi connectivity index (χ1v) is 10.6. The second kappa shape index (κ2) is 9.57. The maximum absolute atomic E-state index is 12.6. The Morgan fingerprint density at radius 1 is 0.793 bits per heavy atom. The minimum Gasteiger partial charge on any atom is -0.369 e. The minimum atomic E-state index is 0.0262. The minimum absolute atomic E-state index is 0.0262. The van der Waals surface area contributed by atoms with Gasteiger partial charge in [0.1, 0.15) is 0 Å². The van der Waals surface area contributed by atoms with Crippen LogP contribution in [0.3, 0.4) is 0 Å². The van der Waals surface area contributed by atoms with Gasteiger partial charge in [-0.05, 0) is 48.4 Å². The molecule has 1 aliphatic rings. The van der Waals surface area contributed by atoms with Gasteiger partial charge in [-0.25, -0.2) is 0 Å². The average Bonchev–Trinajstić information content (AvgIpc) is 2.79. The lowest BCUT2D eigenvalue weighted by atomic mass is 10.0. The van der Waals surface area contributed by atoms with Crippen LogP contribution in [0.5, 0.6) is 0 Å². The molecule has 29 heavy (non-hydrogen) atoms. The number of carbonyl (C=O) groups excluding carboxylic acids is 1. The smallest absolute Gasteiger partial charge is 0.251 e. The van der Waals surface area contributed by atoms with Crippen LogP contribution in [0.25, 0.3) is 10.8 Å². The zero-order chi connectivity index (χ0) is 19.9. The Morgan fingerprint density at radius 2 is 1.52 bits per heavy atom. The van der Waals surface area contributed by atoms with Gasteiger partial charge in [0.25, 0.3) is 5.91 Å². The summed E-state index contributed by atoms with van der Waals surface area (Å²) in [4.78, 5) is 17.6. The first kappa shape index (κ1) is 19.5. The van der Waals surface area contributed by atoms with E-state index in [0.29, 0.717) is 0 Å². The van der Waals surface area contributed by atoms with E-state index < -0.39 is 0 Å². The van der Waals surface area contributed by atoms with Gasteiger partial charge in [0, 0.05) is 44.0 Å². The molecular formula is C25H29N3O. The molecule has 0 bridgehead atoms. The Labute approximate surface area is 173 Å². The molecule has 3 aromatic rings. The third-order valence-corrected chi connectivity index (χ3v) is 5.71. The number of amides is 1. The Morgan fingerprint density at radius 3 is 2.34 bits per heavy atom. The fourth-order valence-corrected chi connectivity index (χ4v) is 4.05. The highest BCUT2D eigenvalue weighted by molar-refractivity contribution is 6.06. The van der Waals surface area contributed by atoms with Crippen LogP contribution in [0.15, 0.2) is 72.8 Å². The van der Waals surface area contributed by atoms with Crippen molar-refractivity contribution in [1.29, 1.82) is 0 Å². The number of nitrogens with zero attached hydrogens (tertiary/aromatic N) is 2. The molecule has 1 N–H and O–H groups in total. The van der Waals surface area contributed by atoms with Gasteiger partial charge in [-0.1, -0.05) is 54.6 Å². The predicted molar refractivity (Wildman–Crippen MR) is 121 cm³/mol. The van der Waals surface area contributed by atoms with Gasteiger partial charge in [0.2, 0.25) is 0 Å². The van der Waals surface area contributed by atoms with E-state index in [1.54, 1.807) is 0 Å². The van der Waals surface area contributed by atoms with Crippen molar-refractivity contribution < 1.29 is 4.79 Å². The van der Waals surface area contributed by atoms with Gasteiger partial charge < -0.3 is 10.2 Å². The summed E-state index contributed by atoms with van der Waals surface area (Å²) in [5.74, 6) is 0.0262. The van der Waals surface area contributed by atoms with E-state index in [4.69, 9.17) is 0 Å². The molecule has 4 rings (SSSR count). The van der Waals surface area contributed by atoms with Gasteiger partial charge in [0.05, 0.1) is 0 Å². The van der Waals surface area contributed by atoms with Crippen molar-refractivity contribution in [2.45, 2.75) is 12.8 Å². The van der Waals surface area contributed by atoms with E-state index >= 15 is 0 Å². The number of rotatable bonds is 7. The summed E-state index contributed by atoms with van der Waals surface area (Å²) in [7, 11) is 0. The fourth-order valence-electron chi connectivity index (χ4n) is 4.05. The molecule has 150 valence electrons. The Hall–Kier alpha value is -2.85. The van der Waals surface area contributed by atoms with Crippen molar-refractivity contribution in [2.75, 3.05) is 44.2 Å². The van der Waals surface area contributed by atoms with Crippen LogP contribution in [0, 0.1) is 0 Å². The lowest BCUT2D eigenvalue weighted by Gasteiger charge is -2.36. The summed E-state index contributed by atoms with van der Waals surface area (Å²) in [5.41, 5.74) is 2.09. The summed E-state index contributed by atoms with van der Waals surface area (Å²) < 4.78 is 0. The highest BCUT2D eigenvalue weighted by Crippen LogP contribution is 2.18. The molecule has 1 amide bonds. The van der Waals surface area contributed by atoms with E-state index in [1.807, 2.05) is 42.5 Å². The molecule has 0 aromatic heterocycles. The molecule has 1 heterocycles. The van der Waals surface area contributed by atoms with Crippen LogP contribution >= 0.6 is 0 Å². The zero-order valence-electron chi connectivity index (χ0n) is 16.9. The highest BCUT2D eigenvalue weighted by atomic mass is 16.1. The monoisotopic (exact) mass is 387 g/mol. The average molecular weight is 388 g/mol. The largest absolute Gasteiger partial charge is 0.369 e. The van der Waals surface area contributed by atoms with Crippen molar-refractivity contribution in [3.63, 3.8) is 0 Å². The van der Waals surface area contributed by atoms with Crippen LogP contribution < -0.4 is 10.2 Å². The van der Waals surface area contributed by atoms with Crippen LogP contribution in [-0.2, 0) is 0 Å². The molecule has 0 unspecified atom stereocenters. The third kappa shape index (κ3) is 4.96. The number of fused-ring (bicyclic) bond motifs is 1. The van der Waals surface area contributed by atoms with Gasteiger partial charge in [-0.15, -0.1) is 0 Å². The molecule has 0 spiro atoms. The predicted octanol–water partition coefficient (Wildman–Crippen LogP) is 4.17. The summed E-state index contributed by atoms with van der Waals surface area (Å²) in [5, 5.41) is 5.22. The molecule has 0 aliphatic carbocycles. The summed E-state index contributed by atoms with van der Waals surface area (Å²) >= 11 is 0. The van der Waals surface area contributed by atoms with E-state index in [-0.39, 0.29) is 5.91 Å². The molecule has 0 atom stereocenters. The van der Waals surface area contributed by atoms with Crippen molar-refractivity contribution in [2.24, 2.45) is 0 Å². The van der Waals surface area contributed by atoms with E-state index in [9.17, 15) is 4.79 Å². The lowest BCUT2D eigenvalue weighted by molar-refractivity contribution is 0.0954. The van der Waals surface area contributed by atoms with E-state index in [2.05, 4.69) is 45.4 Å². The van der Waals surface area contributed by atoms with E-state index in [1.165, 1.54) is 5.69 Å². The molecule has 1 saturated heterocycles. The standard InChI is InChI=1S/C25H29N3O/c29-25(24-14-8-10-21-9-4-5-13-23(21)24)26-15-6-7-16-27-17-19-28(20-18-27)22-11-2-1-3-12-22/h1-5,8-14H,6-7,15-20H2,(H,26,29). The third-order valence-electron chi connectivity index (χ3n) is 5.71. The first-order valence-electron chi connectivity index (χ1n) is 10.6. The molecule has 0 radical (unpaired) electrons. The molecule has 4 nitrogen and oxygen atoms in total. The second-order valence-corrected chi connectivity index (χ2v) is 7.65. The number of para-hydroxylation sites is 1. The highest BCUT2D eigenvalue weighted by Gasteiger charge is 2.16. The molecule has 3 aromatic carbocycles. The lowest BCUT2D eigenvalue weighted by Crippen LogP contribution is -2.46.